The first-order valence-electron chi connectivity index (χ1n) is 10.4. The maximum Gasteiger partial charge on any atom is 0.265 e. The van der Waals surface area contributed by atoms with Crippen LogP contribution in [0.1, 0.15) is 31.9 Å². The Labute approximate surface area is 189 Å². The zero-order valence-corrected chi connectivity index (χ0v) is 19.4. The first kappa shape index (κ1) is 23.9. The SMILES string of the molecule is CC(C)(C)c1ccc(C=NOCC(=O)Nc2ccc(S(=O)(=O)N3CCOCC3)cc2)cc1. The summed E-state index contributed by atoms with van der Waals surface area (Å²) >= 11 is 0. The molecule has 172 valence electrons. The Morgan fingerprint density at radius 1 is 1.09 bits per heavy atom. The van der Waals surface area contributed by atoms with Gasteiger partial charge in [0.1, 0.15) is 0 Å². The minimum absolute atomic E-state index is 0.0785. The van der Waals surface area contributed by atoms with E-state index in [9.17, 15) is 13.2 Å². The highest BCUT2D eigenvalue weighted by molar-refractivity contribution is 7.89. The van der Waals surface area contributed by atoms with E-state index in [1.54, 1.807) is 18.3 Å². The number of ether oxygens (including phenoxy) is 1. The molecule has 0 saturated carbocycles. The molecular weight excluding hydrogens is 430 g/mol. The number of carbonyl (C=O) groups excluding carboxylic acids is 1. The van der Waals surface area contributed by atoms with Crippen LogP contribution in [0, 0.1) is 0 Å². The van der Waals surface area contributed by atoms with Gasteiger partial charge in [-0.3, -0.25) is 4.79 Å². The van der Waals surface area contributed by atoms with Gasteiger partial charge in [-0.1, -0.05) is 50.2 Å². The number of nitrogens with one attached hydrogen (secondary N) is 1. The second kappa shape index (κ2) is 10.2. The summed E-state index contributed by atoms with van der Waals surface area (Å²) in [5.41, 5.74) is 2.64. The van der Waals surface area contributed by atoms with Crippen LogP contribution in [0.25, 0.3) is 0 Å². The van der Waals surface area contributed by atoms with E-state index in [1.165, 1.54) is 22.0 Å². The number of morpholine rings is 1. The Balaban J connectivity index is 1.48. The molecule has 1 amide bonds. The standard InChI is InChI=1S/C23H29N3O5S/c1-23(2,3)19-6-4-18(5-7-19)16-24-31-17-22(27)25-20-8-10-21(11-9-20)32(28,29)26-12-14-30-15-13-26/h4-11,16H,12-15,17H2,1-3H3,(H,25,27). The van der Waals surface area contributed by atoms with Crippen LogP contribution in [0.4, 0.5) is 5.69 Å². The average Bonchev–Trinajstić information content (AvgIpc) is 2.77. The van der Waals surface area contributed by atoms with E-state index >= 15 is 0 Å². The van der Waals surface area contributed by atoms with Crippen LogP contribution < -0.4 is 5.32 Å². The van der Waals surface area contributed by atoms with E-state index in [0.717, 1.165) is 5.56 Å². The summed E-state index contributed by atoms with van der Waals surface area (Å²) in [7, 11) is -3.57. The summed E-state index contributed by atoms with van der Waals surface area (Å²) in [5.74, 6) is -0.394. The molecule has 2 aromatic rings. The van der Waals surface area contributed by atoms with Gasteiger partial charge in [-0.2, -0.15) is 4.31 Å². The summed E-state index contributed by atoms with van der Waals surface area (Å²) in [5, 5.41) is 6.49. The predicted octanol–water partition coefficient (Wildman–Crippen LogP) is 2.99. The normalized spacial score (nSPS) is 15.6. The van der Waals surface area contributed by atoms with E-state index in [-0.39, 0.29) is 16.9 Å². The van der Waals surface area contributed by atoms with Gasteiger partial charge in [-0.05, 0) is 40.8 Å². The Morgan fingerprint density at radius 2 is 1.72 bits per heavy atom. The fraction of sp³-hybridized carbons (Fsp3) is 0.391. The molecular formula is C23H29N3O5S. The third-order valence-corrected chi connectivity index (χ3v) is 6.91. The summed E-state index contributed by atoms with van der Waals surface area (Å²) in [6.45, 7) is 7.62. The minimum atomic E-state index is -3.57. The van der Waals surface area contributed by atoms with Crippen molar-refractivity contribution < 1.29 is 22.8 Å². The molecule has 0 bridgehead atoms. The lowest BCUT2D eigenvalue weighted by molar-refractivity contribution is -0.120. The molecule has 1 saturated heterocycles. The van der Waals surface area contributed by atoms with Gasteiger partial charge in [0.15, 0.2) is 6.61 Å². The average molecular weight is 460 g/mol. The number of rotatable bonds is 7. The van der Waals surface area contributed by atoms with Gasteiger partial charge in [-0.25, -0.2) is 8.42 Å². The Hall–Kier alpha value is -2.75. The molecule has 1 N–H and O–H groups in total. The van der Waals surface area contributed by atoms with Crippen LogP contribution in [0.5, 0.6) is 0 Å². The first-order chi connectivity index (χ1) is 15.2. The maximum absolute atomic E-state index is 12.6. The number of hydrogen-bond acceptors (Lipinski definition) is 6. The fourth-order valence-electron chi connectivity index (χ4n) is 3.11. The van der Waals surface area contributed by atoms with Crippen molar-refractivity contribution in [2.75, 3.05) is 38.2 Å². The van der Waals surface area contributed by atoms with Crippen molar-refractivity contribution in [1.82, 2.24) is 4.31 Å². The molecule has 0 spiro atoms. The van der Waals surface area contributed by atoms with Gasteiger partial charge in [0.05, 0.1) is 24.3 Å². The topological polar surface area (TPSA) is 97.3 Å². The fourth-order valence-corrected chi connectivity index (χ4v) is 4.51. The highest BCUT2D eigenvalue weighted by atomic mass is 32.2. The zero-order chi connectivity index (χ0) is 23.2. The molecule has 1 heterocycles. The molecule has 0 atom stereocenters. The van der Waals surface area contributed by atoms with Gasteiger partial charge in [0.25, 0.3) is 5.91 Å². The molecule has 8 nitrogen and oxygen atoms in total. The number of carbonyl (C=O) groups is 1. The zero-order valence-electron chi connectivity index (χ0n) is 18.6. The summed E-state index contributed by atoms with van der Waals surface area (Å²) < 4.78 is 31.8. The van der Waals surface area contributed by atoms with E-state index < -0.39 is 15.9 Å². The molecule has 0 aliphatic carbocycles. The van der Waals surface area contributed by atoms with Crippen LogP contribution >= 0.6 is 0 Å². The second-order valence-corrected chi connectivity index (χ2v) is 10.4. The molecule has 0 radical (unpaired) electrons. The smallest absolute Gasteiger partial charge is 0.265 e. The van der Waals surface area contributed by atoms with Crippen LogP contribution in [0.3, 0.4) is 0 Å². The summed E-state index contributed by atoms with van der Waals surface area (Å²) in [6.07, 6.45) is 1.55. The summed E-state index contributed by atoms with van der Waals surface area (Å²) in [6, 6.07) is 14.0. The number of hydrogen-bond donors (Lipinski definition) is 1. The van der Waals surface area contributed by atoms with Crippen LogP contribution in [0.15, 0.2) is 58.6 Å². The third-order valence-electron chi connectivity index (χ3n) is 4.99. The van der Waals surface area contributed by atoms with Gasteiger partial charge in [0.2, 0.25) is 10.0 Å². The largest absolute Gasteiger partial charge is 0.386 e. The Bertz CT molecular complexity index is 1040. The van der Waals surface area contributed by atoms with Crippen molar-refractivity contribution in [2.45, 2.75) is 31.1 Å². The Kier molecular flexibility index (Phi) is 7.65. The monoisotopic (exact) mass is 459 g/mol. The molecule has 1 aliphatic heterocycles. The quantitative estimate of drug-likeness (QED) is 0.507. The van der Waals surface area contributed by atoms with Gasteiger partial charge in [0, 0.05) is 18.8 Å². The lowest BCUT2D eigenvalue weighted by Gasteiger charge is -2.26. The number of amides is 1. The van der Waals surface area contributed by atoms with Gasteiger partial charge >= 0.3 is 0 Å². The summed E-state index contributed by atoms with van der Waals surface area (Å²) in [4.78, 5) is 17.3. The molecule has 0 unspecified atom stereocenters. The molecule has 32 heavy (non-hydrogen) atoms. The van der Waals surface area contributed by atoms with Crippen molar-refractivity contribution >= 4 is 27.8 Å². The molecule has 3 rings (SSSR count). The lowest BCUT2D eigenvalue weighted by atomic mass is 9.87. The van der Waals surface area contributed by atoms with Gasteiger partial charge < -0.3 is 14.9 Å². The first-order valence-corrected chi connectivity index (χ1v) is 11.8. The van der Waals surface area contributed by atoms with E-state index in [2.05, 4.69) is 31.2 Å². The van der Waals surface area contributed by atoms with Crippen LogP contribution in [0.2, 0.25) is 0 Å². The van der Waals surface area contributed by atoms with Crippen molar-refractivity contribution in [2.24, 2.45) is 5.16 Å². The predicted molar refractivity (Wildman–Crippen MR) is 123 cm³/mol. The van der Waals surface area contributed by atoms with E-state index in [4.69, 9.17) is 9.57 Å². The molecule has 1 aliphatic rings. The molecule has 2 aromatic carbocycles. The van der Waals surface area contributed by atoms with E-state index in [0.29, 0.717) is 32.0 Å². The molecule has 0 aromatic heterocycles. The van der Waals surface area contributed by atoms with Crippen molar-refractivity contribution in [3.05, 3.63) is 59.7 Å². The highest BCUT2D eigenvalue weighted by Crippen LogP contribution is 2.22. The highest BCUT2D eigenvalue weighted by Gasteiger charge is 2.26. The van der Waals surface area contributed by atoms with Crippen molar-refractivity contribution in [1.29, 1.82) is 0 Å². The number of oxime groups is 1. The maximum atomic E-state index is 12.6. The van der Waals surface area contributed by atoms with Crippen LogP contribution in [-0.2, 0) is 29.8 Å². The third kappa shape index (κ3) is 6.38. The van der Waals surface area contributed by atoms with Crippen molar-refractivity contribution in [3.63, 3.8) is 0 Å². The lowest BCUT2D eigenvalue weighted by Crippen LogP contribution is -2.40. The number of nitrogens with zero attached hydrogens (tertiary/aromatic N) is 2. The van der Waals surface area contributed by atoms with Crippen LogP contribution in [-0.4, -0.2) is 57.8 Å². The van der Waals surface area contributed by atoms with Gasteiger partial charge in [-0.15, -0.1) is 0 Å². The minimum Gasteiger partial charge on any atom is -0.386 e. The Morgan fingerprint density at radius 3 is 2.31 bits per heavy atom. The molecule has 1 fully saturated rings. The molecule has 9 heteroatoms. The number of anilines is 1. The number of sulfonamides is 1. The van der Waals surface area contributed by atoms with Crippen molar-refractivity contribution in [3.8, 4) is 0 Å². The van der Waals surface area contributed by atoms with E-state index in [1.807, 2.05) is 24.3 Å². The second-order valence-electron chi connectivity index (χ2n) is 8.47. The number of benzene rings is 2.